The SMILES string of the molecule is Cc1cc(C(=O)N2CCC(C(=O)Nc3ccccc3)CC2)c(C)s1. The second kappa shape index (κ2) is 7.18. The highest BCUT2D eigenvalue weighted by atomic mass is 32.1. The Morgan fingerprint density at radius 3 is 2.38 bits per heavy atom. The van der Waals surface area contributed by atoms with Crippen LogP contribution in [0.2, 0.25) is 0 Å². The molecule has 5 heteroatoms. The highest BCUT2D eigenvalue weighted by Crippen LogP contribution is 2.25. The van der Waals surface area contributed by atoms with E-state index in [1.807, 2.05) is 55.1 Å². The Hall–Kier alpha value is -2.14. The highest BCUT2D eigenvalue weighted by molar-refractivity contribution is 7.12. The topological polar surface area (TPSA) is 49.4 Å². The maximum atomic E-state index is 12.6. The molecule has 0 spiro atoms. The number of thiophene rings is 1. The summed E-state index contributed by atoms with van der Waals surface area (Å²) < 4.78 is 0. The van der Waals surface area contributed by atoms with Gasteiger partial charge in [0.15, 0.2) is 0 Å². The molecule has 24 heavy (non-hydrogen) atoms. The monoisotopic (exact) mass is 342 g/mol. The molecule has 1 aromatic carbocycles. The van der Waals surface area contributed by atoms with E-state index in [1.165, 1.54) is 0 Å². The molecule has 3 rings (SSSR count). The predicted molar refractivity (Wildman–Crippen MR) is 97.5 cm³/mol. The number of hydrogen-bond donors (Lipinski definition) is 1. The van der Waals surface area contributed by atoms with Crippen LogP contribution in [0.1, 0.15) is 33.0 Å². The first-order chi connectivity index (χ1) is 11.5. The Bertz CT molecular complexity index is 731. The van der Waals surface area contributed by atoms with Crippen molar-refractivity contribution < 1.29 is 9.59 Å². The zero-order valence-corrected chi connectivity index (χ0v) is 14.9. The zero-order chi connectivity index (χ0) is 17.1. The van der Waals surface area contributed by atoms with Crippen LogP contribution in [0.25, 0.3) is 0 Å². The number of hydrogen-bond acceptors (Lipinski definition) is 3. The van der Waals surface area contributed by atoms with Gasteiger partial charge in [-0.05, 0) is 44.9 Å². The minimum Gasteiger partial charge on any atom is -0.339 e. The number of rotatable bonds is 3. The van der Waals surface area contributed by atoms with E-state index in [9.17, 15) is 9.59 Å². The summed E-state index contributed by atoms with van der Waals surface area (Å²) in [6.07, 6.45) is 1.43. The van der Waals surface area contributed by atoms with Crippen LogP contribution < -0.4 is 5.32 Å². The molecule has 0 radical (unpaired) electrons. The summed E-state index contributed by atoms with van der Waals surface area (Å²) in [6.45, 7) is 5.29. The lowest BCUT2D eigenvalue weighted by atomic mass is 9.95. The number of para-hydroxylation sites is 1. The van der Waals surface area contributed by atoms with Crippen LogP contribution in [0.15, 0.2) is 36.4 Å². The molecule has 1 saturated heterocycles. The van der Waals surface area contributed by atoms with E-state index in [0.29, 0.717) is 25.9 Å². The number of benzene rings is 1. The van der Waals surface area contributed by atoms with E-state index >= 15 is 0 Å². The van der Waals surface area contributed by atoms with Gasteiger partial charge in [-0.1, -0.05) is 18.2 Å². The Labute approximate surface area is 146 Å². The van der Waals surface area contributed by atoms with Gasteiger partial charge in [0.2, 0.25) is 5.91 Å². The molecule has 0 unspecified atom stereocenters. The standard InChI is InChI=1S/C19H22N2O2S/c1-13-12-17(14(2)24-13)19(23)21-10-8-15(9-11-21)18(22)20-16-6-4-3-5-7-16/h3-7,12,15H,8-11H2,1-2H3,(H,20,22). The summed E-state index contributed by atoms with van der Waals surface area (Å²) >= 11 is 1.66. The Balaban J connectivity index is 1.56. The third-order valence-electron chi connectivity index (χ3n) is 4.47. The fourth-order valence-corrected chi connectivity index (χ4v) is 4.04. The van der Waals surface area contributed by atoms with Gasteiger partial charge in [0.25, 0.3) is 5.91 Å². The van der Waals surface area contributed by atoms with Crippen LogP contribution >= 0.6 is 11.3 Å². The normalized spacial score (nSPS) is 15.3. The van der Waals surface area contributed by atoms with E-state index in [2.05, 4.69) is 5.32 Å². The smallest absolute Gasteiger partial charge is 0.254 e. The van der Waals surface area contributed by atoms with Gasteiger partial charge in [-0.2, -0.15) is 0 Å². The molecule has 0 aliphatic carbocycles. The van der Waals surface area contributed by atoms with E-state index in [1.54, 1.807) is 11.3 Å². The van der Waals surface area contributed by atoms with E-state index in [4.69, 9.17) is 0 Å². The van der Waals surface area contributed by atoms with Gasteiger partial charge in [0, 0.05) is 34.4 Å². The number of anilines is 1. The zero-order valence-electron chi connectivity index (χ0n) is 14.0. The molecule has 1 aliphatic rings. The van der Waals surface area contributed by atoms with Gasteiger partial charge in [-0.15, -0.1) is 11.3 Å². The summed E-state index contributed by atoms with van der Waals surface area (Å²) in [4.78, 5) is 29.1. The molecule has 1 fully saturated rings. The van der Waals surface area contributed by atoms with Gasteiger partial charge in [0.1, 0.15) is 0 Å². The van der Waals surface area contributed by atoms with Gasteiger partial charge in [-0.25, -0.2) is 0 Å². The lowest BCUT2D eigenvalue weighted by molar-refractivity contribution is -0.121. The van der Waals surface area contributed by atoms with Crippen LogP contribution in [0.5, 0.6) is 0 Å². The first-order valence-electron chi connectivity index (χ1n) is 8.27. The first kappa shape index (κ1) is 16.7. The summed E-state index contributed by atoms with van der Waals surface area (Å²) in [5.41, 5.74) is 1.63. The van der Waals surface area contributed by atoms with Crippen LogP contribution in [-0.2, 0) is 4.79 Å². The van der Waals surface area contributed by atoms with Crippen molar-refractivity contribution in [3.8, 4) is 0 Å². The molecule has 0 bridgehead atoms. The third kappa shape index (κ3) is 3.67. The van der Waals surface area contributed by atoms with Gasteiger partial charge in [0.05, 0.1) is 5.56 Å². The van der Waals surface area contributed by atoms with E-state index in [0.717, 1.165) is 21.0 Å². The lowest BCUT2D eigenvalue weighted by Gasteiger charge is -2.31. The molecular formula is C19H22N2O2S. The fraction of sp³-hybridized carbons (Fsp3) is 0.368. The van der Waals surface area contributed by atoms with Crippen molar-refractivity contribution >= 4 is 28.8 Å². The van der Waals surface area contributed by atoms with Crippen LogP contribution in [-0.4, -0.2) is 29.8 Å². The van der Waals surface area contributed by atoms with Crippen LogP contribution in [0, 0.1) is 19.8 Å². The van der Waals surface area contributed by atoms with Crippen LogP contribution in [0.4, 0.5) is 5.69 Å². The average Bonchev–Trinajstić information content (AvgIpc) is 2.93. The summed E-state index contributed by atoms with van der Waals surface area (Å²) in [7, 11) is 0. The number of carbonyl (C=O) groups is 2. The Kier molecular flexibility index (Phi) is 5.00. The molecule has 2 aromatic rings. The van der Waals surface area contributed by atoms with Crippen molar-refractivity contribution in [2.75, 3.05) is 18.4 Å². The number of amides is 2. The van der Waals surface area contributed by atoms with Gasteiger partial charge >= 0.3 is 0 Å². The average molecular weight is 342 g/mol. The van der Waals surface area contributed by atoms with Crippen molar-refractivity contribution in [3.05, 3.63) is 51.7 Å². The summed E-state index contributed by atoms with van der Waals surface area (Å²) in [5, 5.41) is 2.96. The van der Waals surface area contributed by atoms with E-state index in [-0.39, 0.29) is 17.7 Å². The minimum atomic E-state index is -0.0282. The molecule has 2 heterocycles. The molecule has 4 nitrogen and oxygen atoms in total. The maximum absolute atomic E-state index is 12.6. The molecule has 0 saturated carbocycles. The Morgan fingerprint density at radius 2 is 1.79 bits per heavy atom. The van der Waals surface area contributed by atoms with E-state index < -0.39 is 0 Å². The van der Waals surface area contributed by atoms with Gasteiger partial charge < -0.3 is 10.2 Å². The molecular weight excluding hydrogens is 320 g/mol. The molecule has 0 atom stereocenters. The highest BCUT2D eigenvalue weighted by Gasteiger charge is 2.28. The number of aryl methyl sites for hydroxylation is 2. The number of likely N-dealkylation sites (tertiary alicyclic amines) is 1. The number of carbonyl (C=O) groups excluding carboxylic acids is 2. The van der Waals surface area contributed by atoms with Crippen molar-refractivity contribution in [2.45, 2.75) is 26.7 Å². The molecule has 1 aromatic heterocycles. The lowest BCUT2D eigenvalue weighted by Crippen LogP contribution is -2.41. The van der Waals surface area contributed by atoms with Gasteiger partial charge in [-0.3, -0.25) is 9.59 Å². The fourth-order valence-electron chi connectivity index (χ4n) is 3.12. The van der Waals surface area contributed by atoms with Crippen molar-refractivity contribution in [1.82, 2.24) is 4.90 Å². The minimum absolute atomic E-state index is 0.0282. The third-order valence-corrected chi connectivity index (χ3v) is 5.43. The largest absolute Gasteiger partial charge is 0.339 e. The predicted octanol–water partition coefficient (Wildman–Crippen LogP) is 3.86. The van der Waals surface area contributed by atoms with Crippen molar-refractivity contribution in [2.24, 2.45) is 5.92 Å². The summed E-state index contributed by atoms with van der Waals surface area (Å²) in [6, 6.07) is 11.5. The molecule has 1 N–H and O–H groups in total. The maximum Gasteiger partial charge on any atom is 0.254 e. The second-order valence-corrected chi connectivity index (χ2v) is 7.71. The first-order valence-corrected chi connectivity index (χ1v) is 9.08. The molecule has 2 amide bonds. The Morgan fingerprint density at radius 1 is 1.12 bits per heavy atom. The molecule has 1 aliphatic heterocycles. The second-order valence-electron chi connectivity index (χ2n) is 6.25. The van der Waals surface area contributed by atoms with Crippen molar-refractivity contribution in [1.29, 1.82) is 0 Å². The van der Waals surface area contributed by atoms with Crippen molar-refractivity contribution in [3.63, 3.8) is 0 Å². The number of nitrogens with one attached hydrogen (secondary N) is 1. The van der Waals surface area contributed by atoms with Crippen LogP contribution in [0.3, 0.4) is 0 Å². The molecule has 126 valence electrons. The summed E-state index contributed by atoms with van der Waals surface area (Å²) in [5.74, 6) is 0.120. The quantitative estimate of drug-likeness (QED) is 0.921. The number of nitrogens with zero attached hydrogens (tertiary/aromatic N) is 1. The number of piperidine rings is 1.